The molecule has 2 heterocycles. The monoisotopic (exact) mass is 336 g/mol. The van der Waals surface area contributed by atoms with E-state index >= 15 is 0 Å². The Morgan fingerprint density at radius 2 is 2.44 bits per heavy atom. The highest BCUT2D eigenvalue weighted by Gasteiger charge is 2.20. The Balaban J connectivity index is 2.22. The topological polar surface area (TPSA) is 53.3 Å². The maximum absolute atomic E-state index is 12.0. The molecule has 5 nitrogen and oxygen atoms in total. The van der Waals surface area contributed by atoms with Crippen LogP contribution in [0.3, 0.4) is 0 Å². The third-order valence-corrected chi connectivity index (χ3v) is 3.35. The van der Waals surface area contributed by atoms with Crippen LogP contribution in [0.15, 0.2) is 11.0 Å². The molecule has 1 aliphatic rings. The summed E-state index contributed by atoms with van der Waals surface area (Å²) in [5, 5.41) is 4.79. The van der Waals surface area contributed by atoms with Crippen molar-refractivity contribution < 1.29 is 9.47 Å². The maximum Gasteiger partial charge on any atom is 0.291 e. The first-order valence-corrected chi connectivity index (χ1v) is 7.31. The lowest BCUT2D eigenvalue weighted by atomic mass is 10.2. The molecule has 0 spiro atoms. The molecule has 2 rings (SSSR count). The average molecular weight is 338 g/mol. The number of nitrogens with zero attached hydrogens (tertiary/aromatic N) is 2. The van der Waals surface area contributed by atoms with Gasteiger partial charge in [0.15, 0.2) is 17.0 Å². The number of ether oxygens (including phenoxy) is 2. The molecule has 18 heavy (non-hydrogen) atoms. The second-order valence-corrected chi connectivity index (χ2v) is 5.10. The van der Waals surface area contributed by atoms with Crippen molar-refractivity contribution in [3.63, 3.8) is 0 Å². The quantitative estimate of drug-likeness (QED) is 0.792. The van der Waals surface area contributed by atoms with E-state index in [4.69, 9.17) is 21.1 Å². The highest BCUT2D eigenvalue weighted by atomic mass is 79.9. The van der Waals surface area contributed by atoms with E-state index in [9.17, 15) is 4.79 Å². The van der Waals surface area contributed by atoms with E-state index in [0.717, 1.165) is 19.3 Å². The summed E-state index contributed by atoms with van der Waals surface area (Å²) in [7, 11) is 0. The maximum atomic E-state index is 12.0. The Morgan fingerprint density at radius 1 is 1.61 bits per heavy atom. The van der Waals surface area contributed by atoms with Crippen molar-refractivity contribution >= 4 is 27.5 Å². The number of halogens is 2. The Kier molecular flexibility index (Phi) is 5.03. The van der Waals surface area contributed by atoms with Gasteiger partial charge in [-0.05, 0) is 19.3 Å². The Bertz CT molecular complexity index is 460. The predicted molar refractivity (Wildman–Crippen MR) is 71.6 cm³/mol. The molecule has 1 saturated heterocycles. The molecular formula is C11H14BrClN2O3. The van der Waals surface area contributed by atoms with Gasteiger partial charge in [0, 0.05) is 11.9 Å². The van der Waals surface area contributed by atoms with E-state index in [1.54, 1.807) is 0 Å². The minimum Gasteiger partial charge on any atom is -0.489 e. The molecular weight excluding hydrogens is 323 g/mol. The van der Waals surface area contributed by atoms with Crippen molar-refractivity contribution in [3.05, 3.63) is 21.6 Å². The van der Waals surface area contributed by atoms with Gasteiger partial charge >= 0.3 is 0 Å². The summed E-state index contributed by atoms with van der Waals surface area (Å²) in [4.78, 5) is 12.0. The standard InChI is InChI=1S/C11H14BrClN2O3/c12-4-6-17-8-7-14-15(11(16)10(8)13)9-3-1-2-5-18-9/h7,9H,1-6H2. The van der Waals surface area contributed by atoms with Gasteiger partial charge in [-0.15, -0.1) is 0 Å². The van der Waals surface area contributed by atoms with Gasteiger partial charge in [0.2, 0.25) is 0 Å². The predicted octanol–water partition coefficient (Wildman–Crippen LogP) is 2.37. The summed E-state index contributed by atoms with van der Waals surface area (Å²) in [5.41, 5.74) is -0.365. The van der Waals surface area contributed by atoms with Crippen LogP contribution in [-0.4, -0.2) is 28.3 Å². The van der Waals surface area contributed by atoms with E-state index in [-0.39, 0.29) is 16.8 Å². The zero-order chi connectivity index (χ0) is 13.0. The van der Waals surface area contributed by atoms with E-state index in [1.165, 1.54) is 10.9 Å². The fourth-order valence-electron chi connectivity index (χ4n) is 1.80. The van der Waals surface area contributed by atoms with E-state index in [1.807, 2.05) is 0 Å². The van der Waals surface area contributed by atoms with Gasteiger partial charge in [-0.3, -0.25) is 4.79 Å². The molecule has 0 N–H and O–H groups in total. The lowest BCUT2D eigenvalue weighted by molar-refractivity contribution is -0.0425. The van der Waals surface area contributed by atoms with Crippen LogP contribution in [-0.2, 0) is 4.74 Å². The Morgan fingerprint density at radius 3 is 3.11 bits per heavy atom. The number of aromatic nitrogens is 2. The van der Waals surface area contributed by atoms with Crippen LogP contribution >= 0.6 is 27.5 Å². The van der Waals surface area contributed by atoms with E-state index < -0.39 is 0 Å². The first kappa shape index (κ1) is 13.8. The molecule has 0 saturated carbocycles. The lowest BCUT2D eigenvalue weighted by Crippen LogP contribution is -2.31. The molecule has 0 radical (unpaired) electrons. The molecule has 0 amide bonds. The van der Waals surface area contributed by atoms with Gasteiger partial charge in [-0.1, -0.05) is 27.5 Å². The smallest absolute Gasteiger partial charge is 0.291 e. The lowest BCUT2D eigenvalue weighted by Gasteiger charge is -2.23. The molecule has 1 unspecified atom stereocenters. The summed E-state index contributed by atoms with van der Waals surface area (Å²) in [5.74, 6) is 0.313. The van der Waals surface area contributed by atoms with Crippen LogP contribution < -0.4 is 10.3 Å². The summed E-state index contributed by atoms with van der Waals surface area (Å²) >= 11 is 9.22. The Hall–Kier alpha value is -0.590. The van der Waals surface area contributed by atoms with Crippen molar-refractivity contribution in [1.82, 2.24) is 9.78 Å². The summed E-state index contributed by atoms with van der Waals surface area (Å²) in [6, 6.07) is 0. The van der Waals surface area contributed by atoms with Crippen molar-refractivity contribution in [2.45, 2.75) is 25.5 Å². The summed E-state index contributed by atoms with van der Waals surface area (Å²) < 4.78 is 12.1. The molecule has 0 aliphatic carbocycles. The van der Waals surface area contributed by atoms with Crippen LogP contribution in [0.25, 0.3) is 0 Å². The molecule has 7 heteroatoms. The average Bonchev–Trinajstić information content (AvgIpc) is 2.41. The minimum atomic E-state index is -0.365. The SMILES string of the molecule is O=c1c(Cl)c(OCCBr)cnn1C1CCCCO1. The number of hydrogen-bond acceptors (Lipinski definition) is 4. The molecule has 1 aromatic rings. The molecule has 1 aromatic heterocycles. The van der Waals surface area contributed by atoms with Gasteiger partial charge in [0.05, 0.1) is 12.8 Å². The second-order valence-electron chi connectivity index (χ2n) is 3.93. The van der Waals surface area contributed by atoms with Gasteiger partial charge in [0.25, 0.3) is 5.56 Å². The molecule has 100 valence electrons. The van der Waals surface area contributed by atoms with Gasteiger partial charge in [0.1, 0.15) is 0 Å². The molecule has 0 bridgehead atoms. The van der Waals surface area contributed by atoms with Crippen molar-refractivity contribution in [1.29, 1.82) is 0 Å². The first-order chi connectivity index (χ1) is 8.74. The second kappa shape index (κ2) is 6.54. The van der Waals surface area contributed by atoms with Crippen LogP contribution in [0.1, 0.15) is 25.5 Å². The number of hydrogen-bond donors (Lipinski definition) is 0. The van der Waals surface area contributed by atoms with Crippen molar-refractivity contribution in [3.8, 4) is 5.75 Å². The minimum absolute atomic E-state index is 0.0557. The fourth-order valence-corrected chi connectivity index (χ4v) is 2.15. The van der Waals surface area contributed by atoms with Crippen LogP contribution in [0.4, 0.5) is 0 Å². The third-order valence-electron chi connectivity index (χ3n) is 2.67. The largest absolute Gasteiger partial charge is 0.489 e. The normalized spacial score (nSPS) is 19.8. The highest BCUT2D eigenvalue weighted by molar-refractivity contribution is 9.09. The summed E-state index contributed by atoms with van der Waals surface area (Å²) in [6.07, 6.45) is 3.98. The fraction of sp³-hybridized carbons (Fsp3) is 0.636. The van der Waals surface area contributed by atoms with Gasteiger partial charge in [-0.25, -0.2) is 0 Å². The van der Waals surface area contributed by atoms with Crippen molar-refractivity contribution in [2.24, 2.45) is 0 Å². The molecule has 1 fully saturated rings. The number of rotatable bonds is 4. The van der Waals surface area contributed by atoms with Crippen LogP contribution in [0.5, 0.6) is 5.75 Å². The summed E-state index contributed by atoms with van der Waals surface area (Å²) in [6.45, 7) is 1.09. The van der Waals surface area contributed by atoms with Crippen LogP contribution in [0, 0.1) is 0 Å². The third kappa shape index (κ3) is 3.05. The highest BCUT2D eigenvalue weighted by Crippen LogP contribution is 2.23. The molecule has 0 aromatic carbocycles. The zero-order valence-electron chi connectivity index (χ0n) is 9.77. The first-order valence-electron chi connectivity index (χ1n) is 5.81. The van der Waals surface area contributed by atoms with Gasteiger partial charge < -0.3 is 9.47 Å². The van der Waals surface area contributed by atoms with Crippen LogP contribution in [0.2, 0.25) is 5.02 Å². The van der Waals surface area contributed by atoms with Crippen molar-refractivity contribution in [2.75, 3.05) is 18.5 Å². The number of alkyl halides is 1. The van der Waals surface area contributed by atoms with E-state index in [2.05, 4.69) is 21.0 Å². The molecule has 1 atom stereocenters. The zero-order valence-corrected chi connectivity index (χ0v) is 12.1. The Labute approximate surface area is 118 Å². The van der Waals surface area contributed by atoms with Gasteiger partial charge in [-0.2, -0.15) is 9.78 Å². The van der Waals surface area contributed by atoms with E-state index in [0.29, 0.717) is 24.3 Å². The molecule has 1 aliphatic heterocycles.